The number of anilines is 1. The van der Waals surface area contributed by atoms with E-state index in [4.69, 9.17) is 22.4 Å². The molecule has 0 aliphatic carbocycles. The third-order valence-electron chi connectivity index (χ3n) is 3.63. The average molecular weight is 297 g/mol. The summed E-state index contributed by atoms with van der Waals surface area (Å²) < 4.78 is 0. The Morgan fingerprint density at radius 3 is 2.85 bits per heavy atom. The summed E-state index contributed by atoms with van der Waals surface area (Å²) in [7, 11) is 0. The van der Waals surface area contributed by atoms with Gasteiger partial charge < -0.3 is 15.7 Å². The lowest BCUT2D eigenvalue weighted by molar-refractivity contribution is -0.137. The lowest BCUT2D eigenvalue weighted by Gasteiger charge is -2.21. The van der Waals surface area contributed by atoms with Crippen LogP contribution in [-0.2, 0) is 4.79 Å². The smallest absolute Gasteiger partial charge is 0.303 e. The molecule has 3 N–H and O–H groups in total. The van der Waals surface area contributed by atoms with Crippen LogP contribution in [0.1, 0.15) is 29.6 Å². The van der Waals surface area contributed by atoms with Crippen LogP contribution in [0.5, 0.6) is 0 Å². The molecule has 0 bridgehead atoms. The third-order valence-corrected chi connectivity index (χ3v) is 3.95. The number of aliphatic carboxylic acids is 1. The third kappa shape index (κ3) is 3.22. The lowest BCUT2D eigenvalue weighted by atomic mass is 10.0. The largest absolute Gasteiger partial charge is 0.481 e. The maximum absolute atomic E-state index is 11.5. The van der Waals surface area contributed by atoms with Crippen LogP contribution in [0, 0.1) is 5.92 Å². The fourth-order valence-corrected chi connectivity index (χ4v) is 2.90. The number of carboxylic acids is 1. The Morgan fingerprint density at radius 2 is 2.20 bits per heavy atom. The SMILES string of the molecule is NC(=O)c1c(Cl)cccc1N1CCC(CCC(=O)O)C1. The second kappa shape index (κ2) is 6.13. The van der Waals surface area contributed by atoms with Gasteiger partial charge in [-0.05, 0) is 30.9 Å². The zero-order chi connectivity index (χ0) is 14.7. The number of hydrogen-bond donors (Lipinski definition) is 2. The molecule has 1 amide bonds. The van der Waals surface area contributed by atoms with E-state index >= 15 is 0 Å². The van der Waals surface area contributed by atoms with Gasteiger partial charge in [-0.15, -0.1) is 0 Å². The Bertz CT molecular complexity index is 533. The van der Waals surface area contributed by atoms with Gasteiger partial charge in [-0.2, -0.15) is 0 Å². The van der Waals surface area contributed by atoms with Crippen molar-refractivity contribution in [2.45, 2.75) is 19.3 Å². The molecule has 0 saturated carbocycles. The molecule has 20 heavy (non-hydrogen) atoms. The van der Waals surface area contributed by atoms with E-state index in [0.717, 1.165) is 25.2 Å². The van der Waals surface area contributed by atoms with Gasteiger partial charge in [-0.1, -0.05) is 17.7 Å². The standard InChI is InChI=1S/C14H17ClN2O3/c15-10-2-1-3-11(13(10)14(16)20)17-7-6-9(8-17)4-5-12(18)19/h1-3,9H,4-8H2,(H2,16,20)(H,18,19). The fourth-order valence-electron chi connectivity index (χ4n) is 2.63. The van der Waals surface area contributed by atoms with E-state index < -0.39 is 11.9 Å². The molecular weight excluding hydrogens is 280 g/mol. The maximum atomic E-state index is 11.5. The molecule has 1 unspecified atom stereocenters. The molecule has 1 heterocycles. The van der Waals surface area contributed by atoms with Gasteiger partial charge in [0, 0.05) is 19.5 Å². The Labute approximate surface area is 122 Å². The molecule has 108 valence electrons. The predicted octanol–water partition coefficient (Wildman–Crippen LogP) is 2.13. The van der Waals surface area contributed by atoms with Gasteiger partial charge in [0.25, 0.3) is 5.91 Å². The van der Waals surface area contributed by atoms with E-state index in [9.17, 15) is 9.59 Å². The second-order valence-corrected chi connectivity index (χ2v) is 5.44. The summed E-state index contributed by atoms with van der Waals surface area (Å²) in [4.78, 5) is 24.2. The van der Waals surface area contributed by atoms with Gasteiger partial charge in [0.2, 0.25) is 0 Å². The zero-order valence-corrected chi connectivity index (χ0v) is 11.8. The van der Waals surface area contributed by atoms with Crippen LogP contribution in [0.25, 0.3) is 0 Å². The van der Waals surface area contributed by atoms with Crippen LogP contribution in [-0.4, -0.2) is 30.1 Å². The van der Waals surface area contributed by atoms with Crippen LogP contribution >= 0.6 is 11.6 Å². The molecular formula is C14H17ClN2O3. The summed E-state index contributed by atoms with van der Waals surface area (Å²) in [6, 6.07) is 5.25. The van der Waals surface area contributed by atoms with Crippen molar-refractivity contribution in [1.82, 2.24) is 0 Å². The number of carbonyl (C=O) groups is 2. The monoisotopic (exact) mass is 296 g/mol. The van der Waals surface area contributed by atoms with Crippen LogP contribution in [0.4, 0.5) is 5.69 Å². The maximum Gasteiger partial charge on any atom is 0.303 e. The fraction of sp³-hybridized carbons (Fsp3) is 0.429. The van der Waals surface area contributed by atoms with Crippen molar-refractivity contribution < 1.29 is 14.7 Å². The first-order valence-electron chi connectivity index (χ1n) is 6.54. The molecule has 5 nitrogen and oxygen atoms in total. The van der Waals surface area contributed by atoms with Gasteiger partial charge in [0.05, 0.1) is 16.3 Å². The second-order valence-electron chi connectivity index (χ2n) is 5.03. The first kappa shape index (κ1) is 14.7. The molecule has 1 aromatic rings. The van der Waals surface area contributed by atoms with Crippen LogP contribution in [0.3, 0.4) is 0 Å². The molecule has 6 heteroatoms. The number of nitrogens with zero attached hydrogens (tertiary/aromatic N) is 1. The summed E-state index contributed by atoms with van der Waals surface area (Å²) in [5, 5.41) is 9.07. The van der Waals surface area contributed by atoms with Gasteiger partial charge in [0.15, 0.2) is 0 Å². The highest BCUT2D eigenvalue weighted by Crippen LogP contribution is 2.32. The molecule has 1 aliphatic heterocycles. The molecule has 1 saturated heterocycles. The van der Waals surface area contributed by atoms with Crippen molar-refractivity contribution in [1.29, 1.82) is 0 Å². The summed E-state index contributed by atoms with van der Waals surface area (Å²) in [6.45, 7) is 1.51. The van der Waals surface area contributed by atoms with E-state index in [1.165, 1.54) is 0 Å². The quantitative estimate of drug-likeness (QED) is 0.872. The van der Waals surface area contributed by atoms with E-state index in [1.54, 1.807) is 12.1 Å². The summed E-state index contributed by atoms with van der Waals surface area (Å²) in [5.41, 5.74) is 6.47. The van der Waals surface area contributed by atoms with Crippen LogP contribution < -0.4 is 10.6 Å². The highest BCUT2D eigenvalue weighted by atomic mass is 35.5. The van der Waals surface area contributed by atoms with Crippen molar-refractivity contribution in [2.24, 2.45) is 11.7 Å². The number of amides is 1. The Kier molecular flexibility index (Phi) is 4.49. The molecule has 1 aliphatic rings. The number of hydrogen-bond acceptors (Lipinski definition) is 3. The minimum atomic E-state index is -0.774. The van der Waals surface area contributed by atoms with Gasteiger partial charge >= 0.3 is 5.97 Å². The number of carbonyl (C=O) groups excluding carboxylic acids is 1. The molecule has 0 radical (unpaired) electrons. The summed E-state index contributed by atoms with van der Waals surface area (Å²) in [5.74, 6) is -0.991. The highest BCUT2D eigenvalue weighted by Gasteiger charge is 2.26. The average Bonchev–Trinajstić information content (AvgIpc) is 2.84. The first-order chi connectivity index (χ1) is 9.49. The zero-order valence-electron chi connectivity index (χ0n) is 11.0. The number of primary amides is 1. The van der Waals surface area contributed by atoms with Crippen LogP contribution in [0.15, 0.2) is 18.2 Å². The number of halogens is 1. The Balaban J connectivity index is 2.12. The van der Waals surface area contributed by atoms with Gasteiger partial charge in [0.1, 0.15) is 0 Å². The minimum Gasteiger partial charge on any atom is -0.481 e. The molecule has 0 spiro atoms. The van der Waals surface area contributed by atoms with Crippen molar-refractivity contribution in [3.05, 3.63) is 28.8 Å². The Morgan fingerprint density at radius 1 is 1.45 bits per heavy atom. The minimum absolute atomic E-state index is 0.177. The van der Waals surface area contributed by atoms with Crippen molar-refractivity contribution in [2.75, 3.05) is 18.0 Å². The van der Waals surface area contributed by atoms with E-state index in [1.807, 2.05) is 6.07 Å². The van der Waals surface area contributed by atoms with Crippen molar-refractivity contribution in [3.8, 4) is 0 Å². The van der Waals surface area contributed by atoms with E-state index in [0.29, 0.717) is 22.9 Å². The normalized spacial score (nSPS) is 18.2. The predicted molar refractivity (Wildman–Crippen MR) is 77.2 cm³/mol. The number of benzene rings is 1. The molecule has 0 aromatic heterocycles. The first-order valence-corrected chi connectivity index (χ1v) is 6.92. The Hall–Kier alpha value is -1.75. The molecule has 1 atom stereocenters. The van der Waals surface area contributed by atoms with Gasteiger partial charge in [-0.3, -0.25) is 9.59 Å². The number of carboxylic acid groups (broad SMARTS) is 1. The molecule has 1 aromatic carbocycles. The van der Waals surface area contributed by atoms with Crippen molar-refractivity contribution >= 4 is 29.2 Å². The van der Waals surface area contributed by atoms with Crippen LogP contribution in [0.2, 0.25) is 5.02 Å². The van der Waals surface area contributed by atoms with Gasteiger partial charge in [-0.25, -0.2) is 0 Å². The number of rotatable bonds is 5. The van der Waals surface area contributed by atoms with Crippen molar-refractivity contribution in [3.63, 3.8) is 0 Å². The van der Waals surface area contributed by atoms with E-state index in [2.05, 4.69) is 4.90 Å². The molecule has 1 fully saturated rings. The topological polar surface area (TPSA) is 83.6 Å². The summed E-state index contributed by atoms with van der Waals surface area (Å²) in [6.07, 6.45) is 1.74. The summed E-state index contributed by atoms with van der Waals surface area (Å²) >= 11 is 6.04. The lowest BCUT2D eigenvalue weighted by Crippen LogP contribution is -2.24. The number of nitrogens with two attached hydrogens (primary N) is 1. The molecule has 2 rings (SSSR count). The van der Waals surface area contributed by atoms with E-state index in [-0.39, 0.29) is 6.42 Å². The highest BCUT2D eigenvalue weighted by molar-refractivity contribution is 6.34.